The van der Waals surface area contributed by atoms with E-state index in [0.717, 1.165) is 0 Å². The van der Waals surface area contributed by atoms with Gasteiger partial charge in [-0.3, -0.25) is 9.59 Å². The van der Waals surface area contributed by atoms with Gasteiger partial charge in [0.05, 0.1) is 12.1 Å². The van der Waals surface area contributed by atoms with E-state index in [2.05, 4.69) is 10.6 Å². The molecule has 15 heavy (non-hydrogen) atoms. The summed E-state index contributed by atoms with van der Waals surface area (Å²) in [5.74, 6) is -0.195. The predicted molar refractivity (Wildman–Crippen MR) is 59.1 cm³/mol. The highest BCUT2D eigenvalue weighted by atomic mass is 16.2. The summed E-state index contributed by atoms with van der Waals surface area (Å²) >= 11 is 0. The van der Waals surface area contributed by atoms with Crippen LogP contribution in [0.5, 0.6) is 0 Å². The van der Waals surface area contributed by atoms with Crippen molar-refractivity contribution in [3.8, 4) is 0 Å². The van der Waals surface area contributed by atoms with Crippen molar-refractivity contribution in [2.24, 2.45) is 11.7 Å². The zero-order valence-electron chi connectivity index (χ0n) is 9.89. The third-order valence-electron chi connectivity index (χ3n) is 2.62. The van der Waals surface area contributed by atoms with Gasteiger partial charge in [0, 0.05) is 13.5 Å². The van der Waals surface area contributed by atoms with E-state index in [1.807, 2.05) is 20.8 Å². The molecule has 0 radical (unpaired) electrons. The number of rotatable bonds is 5. The number of nitrogens with one attached hydrogen (secondary N) is 2. The van der Waals surface area contributed by atoms with Crippen LogP contribution in [-0.4, -0.2) is 30.4 Å². The van der Waals surface area contributed by atoms with E-state index in [1.165, 1.54) is 6.92 Å². The first-order chi connectivity index (χ1) is 6.81. The van der Waals surface area contributed by atoms with Crippen LogP contribution in [0.25, 0.3) is 0 Å². The number of carbonyl (C=O) groups is 2. The number of carbonyl (C=O) groups excluding carboxylic acids is 2. The highest BCUT2D eigenvalue weighted by Gasteiger charge is 2.28. The summed E-state index contributed by atoms with van der Waals surface area (Å²) in [4.78, 5) is 22.0. The molecule has 0 aliphatic carbocycles. The Morgan fingerprint density at radius 1 is 1.40 bits per heavy atom. The Morgan fingerprint density at radius 3 is 2.27 bits per heavy atom. The van der Waals surface area contributed by atoms with Gasteiger partial charge in [0.2, 0.25) is 11.8 Å². The molecule has 1 atom stereocenters. The topological polar surface area (TPSA) is 84.2 Å². The molecule has 4 N–H and O–H groups in total. The standard InChI is InChI=1S/C10H21N3O2/c1-7(2)10(4,6-11)13-9(15)5-12-8(3)14/h7H,5-6,11H2,1-4H3,(H,12,14)(H,13,15). The van der Waals surface area contributed by atoms with E-state index in [4.69, 9.17) is 5.73 Å². The molecule has 0 aliphatic rings. The molecule has 0 fully saturated rings. The van der Waals surface area contributed by atoms with Gasteiger partial charge < -0.3 is 16.4 Å². The average Bonchev–Trinajstić information content (AvgIpc) is 2.14. The van der Waals surface area contributed by atoms with Gasteiger partial charge in [-0.05, 0) is 12.8 Å². The molecule has 0 aliphatic heterocycles. The lowest BCUT2D eigenvalue weighted by Gasteiger charge is -2.33. The third-order valence-corrected chi connectivity index (χ3v) is 2.62. The number of hydrogen-bond donors (Lipinski definition) is 3. The van der Waals surface area contributed by atoms with Crippen molar-refractivity contribution in [3.63, 3.8) is 0 Å². The normalized spacial score (nSPS) is 14.5. The van der Waals surface area contributed by atoms with E-state index < -0.39 is 5.54 Å². The van der Waals surface area contributed by atoms with Crippen molar-refractivity contribution >= 4 is 11.8 Å². The van der Waals surface area contributed by atoms with Crippen molar-refractivity contribution < 1.29 is 9.59 Å². The van der Waals surface area contributed by atoms with Crippen LogP contribution >= 0.6 is 0 Å². The van der Waals surface area contributed by atoms with E-state index in [1.54, 1.807) is 0 Å². The highest BCUT2D eigenvalue weighted by molar-refractivity contribution is 5.84. The fraction of sp³-hybridized carbons (Fsp3) is 0.800. The van der Waals surface area contributed by atoms with E-state index in [0.29, 0.717) is 6.54 Å². The molecule has 1 unspecified atom stereocenters. The number of nitrogens with two attached hydrogens (primary N) is 1. The lowest BCUT2D eigenvalue weighted by Crippen LogP contribution is -2.56. The molecule has 5 nitrogen and oxygen atoms in total. The number of amides is 2. The van der Waals surface area contributed by atoms with Crippen LogP contribution in [0.4, 0.5) is 0 Å². The minimum Gasteiger partial charge on any atom is -0.348 e. The van der Waals surface area contributed by atoms with Crippen LogP contribution in [0.15, 0.2) is 0 Å². The first kappa shape index (κ1) is 13.9. The van der Waals surface area contributed by atoms with E-state index >= 15 is 0 Å². The Bertz CT molecular complexity index is 241. The largest absolute Gasteiger partial charge is 0.348 e. The van der Waals surface area contributed by atoms with Crippen molar-refractivity contribution in [2.75, 3.05) is 13.1 Å². The molecule has 88 valence electrons. The van der Waals surface area contributed by atoms with Crippen LogP contribution in [0.1, 0.15) is 27.7 Å². The zero-order chi connectivity index (χ0) is 12.1. The van der Waals surface area contributed by atoms with E-state index in [9.17, 15) is 9.59 Å². The maximum atomic E-state index is 11.4. The quantitative estimate of drug-likeness (QED) is 0.584. The second-order valence-electron chi connectivity index (χ2n) is 4.23. The smallest absolute Gasteiger partial charge is 0.239 e. The van der Waals surface area contributed by atoms with Gasteiger partial charge in [-0.2, -0.15) is 0 Å². The SMILES string of the molecule is CC(=O)NCC(=O)NC(C)(CN)C(C)C. The minimum absolute atomic E-state index is 0.00234. The van der Waals surface area contributed by atoms with Crippen molar-refractivity contribution in [1.29, 1.82) is 0 Å². The molecule has 5 heteroatoms. The van der Waals surface area contributed by atoms with Crippen molar-refractivity contribution in [3.05, 3.63) is 0 Å². The van der Waals surface area contributed by atoms with Crippen LogP contribution in [0, 0.1) is 5.92 Å². The zero-order valence-corrected chi connectivity index (χ0v) is 9.89. The fourth-order valence-corrected chi connectivity index (χ4v) is 0.999. The van der Waals surface area contributed by atoms with E-state index in [-0.39, 0.29) is 24.3 Å². The molecule has 0 saturated heterocycles. The fourth-order valence-electron chi connectivity index (χ4n) is 0.999. The van der Waals surface area contributed by atoms with Crippen molar-refractivity contribution in [2.45, 2.75) is 33.2 Å². The third kappa shape index (κ3) is 4.78. The summed E-state index contributed by atoms with van der Waals surface area (Å²) in [6.07, 6.45) is 0. The van der Waals surface area contributed by atoms with Crippen LogP contribution < -0.4 is 16.4 Å². The van der Waals surface area contributed by atoms with Gasteiger partial charge in [0.1, 0.15) is 0 Å². The summed E-state index contributed by atoms with van der Waals surface area (Å²) in [6, 6.07) is 0. The molecule has 0 rings (SSSR count). The van der Waals surface area contributed by atoms with Gasteiger partial charge in [0.15, 0.2) is 0 Å². The summed E-state index contributed by atoms with van der Waals surface area (Å²) in [5.41, 5.74) is 5.19. The van der Waals surface area contributed by atoms with Gasteiger partial charge >= 0.3 is 0 Å². The highest BCUT2D eigenvalue weighted by Crippen LogP contribution is 2.14. The minimum atomic E-state index is -0.421. The Kier molecular flexibility index (Phi) is 5.28. The van der Waals surface area contributed by atoms with Crippen LogP contribution in [0.2, 0.25) is 0 Å². The summed E-state index contributed by atoms with van der Waals surface area (Å²) in [5, 5.41) is 5.26. The van der Waals surface area contributed by atoms with Gasteiger partial charge in [-0.1, -0.05) is 13.8 Å². The molecular weight excluding hydrogens is 194 g/mol. The average molecular weight is 215 g/mol. The molecule has 0 saturated carbocycles. The molecule has 0 spiro atoms. The Balaban J connectivity index is 4.19. The van der Waals surface area contributed by atoms with Crippen LogP contribution in [-0.2, 0) is 9.59 Å². The van der Waals surface area contributed by atoms with Gasteiger partial charge in [-0.15, -0.1) is 0 Å². The maximum absolute atomic E-state index is 11.4. The molecule has 0 heterocycles. The molecule has 0 aromatic heterocycles. The summed E-state index contributed by atoms with van der Waals surface area (Å²) in [7, 11) is 0. The van der Waals surface area contributed by atoms with Gasteiger partial charge in [-0.25, -0.2) is 0 Å². The summed E-state index contributed by atoms with van der Waals surface area (Å²) in [6.45, 7) is 7.62. The Labute approximate surface area is 90.8 Å². The van der Waals surface area contributed by atoms with Crippen molar-refractivity contribution in [1.82, 2.24) is 10.6 Å². The Morgan fingerprint density at radius 2 is 1.93 bits per heavy atom. The molecule has 0 bridgehead atoms. The predicted octanol–water partition coefficient (Wildman–Crippen LogP) is -0.388. The van der Waals surface area contributed by atoms with Crippen LogP contribution in [0.3, 0.4) is 0 Å². The van der Waals surface area contributed by atoms with Gasteiger partial charge in [0.25, 0.3) is 0 Å². The second kappa shape index (κ2) is 5.70. The first-order valence-electron chi connectivity index (χ1n) is 5.07. The lowest BCUT2D eigenvalue weighted by atomic mass is 9.88. The molecule has 2 amide bonds. The summed E-state index contributed by atoms with van der Waals surface area (Å²) < 4.78 is 0. The number of hydrogen-bond acceptors (Lipinski definition) is 3. The first-order valence-corrected chi connectivity index (χ1v) is 5.07. The lowest BCUT2D eigenvalue weighted by molar-refractivity contribution is -0.126. The molecule has 0 aromatic carbocycles. The monoisotopic (exact) mass is 215 g/mol. The second-order valence-corrected chi connectivity index (χ2v) is 4.23. The Hall–Kier alpha value is -1.10. The molecule has 0 aromatic rings. The molecular formula is C10H21N3O2. The maximum Gasteiger partial charge on any atom is 0.239 e.